The van der Waals surface area contributed by atoms with Crippen LogP contribution >= 0.6 is 23.2 Å². The highest BCUT2D eigenvalue weighted by Gasteiger charge is 2.24. The van der Waals surface area contributed by atoms with E-state index in [1.807, 2.05) is 0 Å². The second kappa shape index (κ2) is 15.9. The first-order valence-corrected chi connectivity index (χ1v) is 15.1. The Hall–Kier alpha value is -2.70. The lowest BCUT2D eigenvalue weighted by Gasteiger charge is -2.19. The van der Waals surface area contributed by atoms with E-state index in [1.165, 1.54) is 0 Å². The summed E-state index contributed by atoms with van der Waals surface area (Å²) in [6, 6.07) is 10.3. The highest BCUT2D eigenvalue weighted by atomic mass is 35.5. The van der Waals surface area contributed by atoms with Crippen LogP contribution in [0.25, 0.3) is 21.5 Å². The van der Waals surface area contributed by atoms with Crippen molar-refractivity contribution in [1.29, 1.82) is 0 Å². The summed E-state index contributed by atoms with van der Waals surface area (Å²) in [6.45, 7) is 8.98. The first-order chi connectivity index (χ1) is 19.3. The molecular weight excluding hydrogens is 551 g/mol. The lowest BCUT2D eigenvalue weighted by molar-refractivity contribution is 0.0805. The maximum Gasteiger partial charge on any atom is 0.513 e. The molecule has 0 aliphatic carbocycles. The predicted octanol–water partition coefficient (Wildman–Crippen LogP) is 10.8. The highest BCUT2D eigenvalue weighted by Crippen LogP contribution is 2.47. The Bertz CT molecular complexity index is 1290. The predicted molar refractivity (Wildman–Crippen MR) is 162 cm³/mol. The van der Waals surface area contributed by atoms with E-state index in [-0.39, 0.29) is 41.6 Å². The van der Waals surface area contributed by atoms with Gasteiger partial charge in [-0.2, -0.15) is 0 Å². The van der Waals surface area contributed by atoms with Crippen LogP contribution in [-0.4, -0.2) is 25.5 Å². The SMILES string of the molecule is CCCCC(CC)COC(=O)Oc1c2ccccc2c(OC(=O)OCC(CC)CCCC)c2c(Cl)cc(Cl)cc12. The monoisotopic (exact) mass is 590 g/mol. The minimum absolute atomic E-state index is 0.213. The molecule has 0 aliphatic rings. The molecule has 8 heteroatoms. The zero-order valence-electron chi connectivity index (χ0n) is 23.9. The molecule has 2 unspecified atom stereocenters. The van der Waals surface area contributed by atoms with Crippen LogP contribution in [0.15, 0.2) is 36.4 Å². The zero-order chi connectivity index (χ0) is 29.1. The molecule has 0 aliphatic heterocycles. The van der Waals surface area contributed by atoms with E-state index in [0.29, 0.717) is 26.6 Å². The van der Waals surface area contributed by atoms with E-state index < -0.39 is 12.3 Å². The van der Waals surface area contributed by atoms with Crippen molar-refractivity contribution in [2.45, 2.75) is 79.1 Å². The molecule has 0 bridgehead atoms. The van der Waals surface area contributed by atoms with Gasteiger partial charge in [0.25, 0.3) is 0 Å². The van der Waals surface area contributed by atoms with Gasteiger partial charge in [0.2, 0.25) is 0 Å². The number of benzene rings is 3. The summed E-state index contributed by atoms with van der Waals surface area (Å²) in [5.74, 6) is 0.971. The van der Waals surface area contributed by atoms with Gasteiger partial charge in [0.05, 0.1) is 18.2 Å². The summed E-state index contributed by atoms with van der Waals surface area (Å²) in [5, 5.41) is 2.47. The summed E-state index contributed by atoms with van der Waals surface area (Å²) in [6.07, 6.45) is 6.46. The van der Waals surface area contributed by atoms with Gasteiger partial charge >= 0.3 is 12.3 Å². The number of rotatable bonds is 14. The van der Waals surface area contributed by atoms with E-state index >= 15 is 0 Å². The van der Waals surface area contributed by atoms with Crippen molar-refractivity contribution >= 4 is 57.1 Å². The fourth-order valence-corrected chi connectivity index (χ4v) is 5.33. The van der Waals surface area contributed by atoms with Crippen LogP contribution < -0.4 is 9.47 Å². The van der Waals surface area contributed by atoms with Gasteiger partial charge in [0, 0.05) is 26.6 Å². The van der Waals surface area contributed by atoms with Crippen LogP contribution in [0.3, 0.4) is 0 Å². The van der Waals surface area contributed by atoms with E-state index in [1.54, 1.807) is 36.4 Å². The number of hydrogen-bond acceptors (Lipinski definition) is 6. The number of ether oxygens (including phenoxy) is 4. The van der Waals surface area contributed by atoms with Gasteiger partial charge in [-0.3, -0.25) is 0 Å². The molecule has 0 amide bonds. The minimum Gasteiger partial charge on any atom is -0.434 e. The molecule has 0 spiro atoms. The fourth-order valence-electron chi connectivity index (χ4n) is 4.75. The Labute approximate surface area is 247 Å². The average molecular weight is 592 g/mol. The second-order valence-electron chi connectivity index (χ2n) is 10.2. The van der Waals surface area contributed by atoms with Crippen LogP contribution in [0.2, 0.25) is 10.0 Å². The molecule has 6 nitrogen and oxygen atoms in total. The van der Waals surface area contributed by atoms with Crippen molar-refractivity contribution in [3.63, 3.8) is 0 Å². The number of unbranched alkanes of at least 4 members (excludes halogenated alkanes) is 2. The molecule has 0 saturated heterocycles. The topological polar surface area (TPSA) is 71.1 Å². The third-order valence-electron chi connectivity index (χ3n) is 7.27. The molecule has 3 aromatic rings. The summed E-state index contributed by atoms with van der Waals surface area (Å²) >= 11 is 13.0. The van der Waals surface area contributed by atoms with Crippen LogP contribution in [0, 0.1) is 11.8 Å². The highest BCUT2D eigenvalue weighted by molar-refractivity contribution is 6.40. The molecule has 0 aromatic heterocycles. The normalized spacial score (nSPS) is 12.8. The third-order valence-corrected chi connectivity index (χ3v) is 7.79. The molecule has 2 atom stereocenters. The smallest absolute Gasteiger partial charge is 0.434 e. The Morgan fingerprint density at radius 1 is 0.725 bits per heavy atom. The van der Waals surface area contributed by atoms with E-state index in [4.69, 9.17) is 42.1 Å². The first-order valence-electron chi connectivity index (χ1n) is 14.3. The molecule has 3 rings (SSSR count). The number of fused-ring (bicyclic) bond motifs is 2. The Morgan fingerprint density at radius 3 is 1.73 bits per heavy atom. The molecule has 0 heterocycles. The Balaban J connectivity index is 1.95. The van der Waals surface area contributed by atoms with Crippen molar-refractivity contribution in [3.8, 4) is 11.5 Å². The van der Waals surface area contributed by atoms with Crippen LogP contribution in [-0.2, 0) is 9.47 Å². The third kappa shape index (κ3) is 8.40. The average Bonchev–Trinajstić information content (AvgIpc) is 2.94. The van der Waals surface area contributed by atoms with E-state index in [9.17, 15) is 9.59 Å². The van der Waals surface area contributed by atoms with Gasteiger partial charge in [0.1, 0.15) is 0 Å². The summed E-state index contributed by atoms with van der Waals surface area (Å²) < 4.78 is 22.6. The molecule has 40 heavy (non-hydrogen) atoms. The maximum atomic E-state index is 12.9. The van der Waals surface area contributed by atoms with Crippen molar-refractivity contribution < 1.29 is 28.5 Å². The standard InChI is InChI=1S/C32H40Cl2O6/c1-5-9-13-21(7-3)19-37-31(35)39-29-24-15-11-12-16-25(24)30(28-26(29)17-23(33)18-27(28)34)40-32(36)38-20-22(8-4)14-10-6-2/h11-12,15-18,21-22H,5-10,13-14,19-20H2,1-4H3. The van der Waals surface area contributed by atoms with E-state index in [0.717, 1.165) is 51.4 Å². The van der Waals surface area contributed by atoms with Crippen molar-refractivity contribution in [2.75, 3.05) is 13.2 Å². The maximum absolute atomic E-state index is 12.9. The number of hydrogen-bond donors (Lipinski definition) is 0. The summed E-state index contributed by atoms with van der Waals surface area (Å²) in [5.41, 5.74) is 0. The number of carbonyl (C=O) groups excluding carboxylic acids is 2. The first kappa shape index (κ1) is 31.8. The summed E-state index contributed by atoms with van der Waals surface area (Å²) in [4.78, 5) is 25.7. The van der Waals surface area contributed by atoms with E-state index in [2.05, 4.69) is 27.7 Å². The fraction of sp³-hybridized carbons (Fsp3) is 0.500. The quantitative estimate of drug-likeness (QED) is 0.106. The van der Waals surface area contributed by atoms with Crippen LogP contribution in [0.1, 0.15) is 79.1 Å². The zero-order valence-corrected chi connectivity index (χ0v) is 25.4. The molecule has 0 radical (unpaired) electrons. The van der Waals surface area contributed by atoms with Gasteiger partial charge in [-0.1, -0.05) is 114 Å². The van der Waals surface area contributed by atoms with Crippen molar-refractivity contribution in [3.05, 3.63) is 46.4 Å². The molecule has 0 N–H and O–H groups in total. The largest absolute Gasteiger partial charge is 0.513 e. The second-order valence-corrected chi connectivity index (χ2v) is 11.0. The molecule has 218 valence electrons. The molecular formula is C32H40Cl2O6. The van der Waals surface area contributed by atoms with Crippen molar-refractivity contribution in [2.24, 2.45) is 11.8 Å². The van der Waals surface area contributed by atoms with Crippen LogP contribution in [0.4, 0.5) is 9.59 Å². The minimum atomic E-state index is -0.821. The lowest BCUT2D eigenvalue weighted by atomic mass is 10.0. The molecule has 0 fully saturated rings. The van der Waals surface area contributed by atoms with Gasteiger partial charge in [-0.15, -0.1) is 0 Å². The molecule has 0 saturated carbocycles. The Morgan fingerprint density at radius 2 is 1.23 bits per heavy atom. The number of carbonyl (C=O) groups is 2. The van der Waals surface area contributed by atoms with Gasteiger partial charge in [-0.05, 0) is 36.8 Å². The number of halogens is 2. The lowest BCUT2D eigenvalue weighted by Crippen LogP contribution is -2.18. The van der Waals surface area contributed by atoms with Gasteiger partial charge in [-0.25, -0.2) is 9.59 Å². The van der Waals surface area contributed by atoms with Crippen molar-refractivity contribution in [1.82, 2.24) is 0 Å². The molecule has 3 aromatic carbocycles. The van der Waals surface area contributed by atoms with Gasteiger partial charge < -0.3 is 18.9 Å². The summed E-state index contributed by atoms with van der Waals surface area (Å²) in [7, 11) is 0. The Kier molecular flexibility index (Phi) is 12.7. The van der Waals surface area contributed by atoms with Gasteiger partial charge in [0.15, 0.2) is 11.5 Å². The van der Waals surface area contributed by atoms with Crippen LogP contribution in [0.5, 0.6) is 11.5 Å².